The van der Waals surface area contributed by atoms with Crippen LogP contribution in [-0.4, -0.2) is 47.1 Å². The number of nitrogens with zero attached hydrogens (tertiary/aromatic N) is 3. The third kappa shape index (κ3) is 1.23. The van der Waals surface area contributed by atoms with E-state index in [1.165, 1.54) is 37.0 Å². The highest BCUT2D eigenvalue weighted by molar-refractivity contribution is 5.88. The van der Waals surface area contributed by atoms with E-state index in [2.05, 4.69) is 58.0 Å². The highest BCUT2D eigenvalue weighted by Crippen LogP contribution is 2.43. The molecule has 0 N–H and O–H groups in total. The van der Waals surface area contributed by atoms with Crippen molar-refractivity contribution < 1.29 is 0 Å². The molecule has 0 spiro atoms. The fourth-order valence-corrected chi connectivity index (χ4v) is 4.40. The van der Waals surface area contributed by atoms with Gasteiger partial charge in [0.2, 0.25) is 0 Å². The molecular weight excluding hydrogens is 246 g/mol. The van der Waals surface area contributed by atoms with Crippen molar-refractivity contribution in [3.63, 3.8) is 0 Å². The summed E-state index contributed by atoms with van der Waals surface area (Å²) in [5.74, 6) is 0. The number of hydrogen-bond acceptors (Lipinski definition) is 2. The van der Waals surface area contributed by atoms with E-state index in [9.17, 15) is 0 Å². The van der Waals surface area contributed by atoms with Crippen LogP contribution in [0.2, 0.25) is 0 Å². The molecule has 102 valence electrons. The van der Waals surface area contributed by atoms with E-state index in [4.69, 9.17) is 0 Å². The van der Waals surface area contributed by atoms with Crippen molar-refractivity contribution >= 4 is 17.1 Å². The zero-order chi connectivity index (χ0) is 13.3. The minimum atomic E-state index is 0.541. The van der Waals surface area contributed by atoms with Crippen LogP contribution in [0.15, 0.2) is 30.3 Å². The van der Waals surface area contributed by atoms with Crippen molar-refractivity contribution in [1.29, 1.82) is 0 Å². The standard InChI is InChI=1S/C17H19N3/c1-18-10-11-19-8-6-13-12-4-2-3-5-14(12)20-9-7-15(18)17(19)16(13)20/h2-5,7,9,15,17H,6,8,10-11H2,1H3/t15-,17-/m1/s1. The van der Waals surface area contributed by atoms with E-state index in [0.717, 1.165) is 0 Å². The van der Waals surface area contributed by atoms with Crippen LogP contribution >= 0.6 is 0 Å². The van der Waals surface area contributed by atoms with Crippen LogP contribution in [0.4, 0.5) is 0 Å². The van der Waals surface area contributed by atoms with Crippen LogP contribution in [0, 0.1) is 0 Å². The second kappa shape index (κ2) is 3.74. The fraction of sp³-hybridized carbons (Fsp3) is 0.412. The van der Waals surface area contributed by atoms with Crippen molar-refractivity contribution in [2.45, 2.75) is 18.5 Å². The van der Waals surface area contributed by atoms with Gasteiger partial charge in [-0.25, -0.2) is 0 Å². The van der Waals surface area contributed by atoms with Gasteiger partial charge in [-0.1, -0.05) is 18.2 Å². The van der Waals surface area contributed by atoms with Gasteiger partial charge in [-0.2, -0.15) is 0 Å². The summed E-state index contributed by atoms with van der Waals surface area (Å²) < 4.78 is 2.44. The monoisotopic (exact) mass is 265 g/mol. The third-order valence-corrected chi connectivity index (χ3v) is 5.38. The first-order chi connectivity index (χ1) is 9.84. The molecule has 0 bridgehead atoms. The lowest BCUT2D eigenvalue weighted by atomic mass is 9.88. The van der Waals surface area contributed by atoms with E-state index >= 15 is 0 Å². The van der Waals surface area contributed by atoms with Gasteiger partial charge in [0.05, 0.1) is 17.6 Å². The van der Waals surface area contributed by atoms with Crippen LogP contribution in [0.25, 0.3) is 17.1 Å². The summed E-state index contributed by atoms with van der Waals surface area (Å²) in [5.41, 5.74) is 4.52. The quantitative estimate of drug-likeness (QED) is 0.724. The predicted molar refractivity (Wildman–Crippen MR) is 81.7 cm³/mol. The molecule has 0 aliphatic carbocycles. The minimum absolute atomic E-state index is 0.541. The Hall–Kier alpha value is -1.58. The molecular formula is C17H19N3. The maximum atomic E-state index is 2.69. The lowest BCUT2D eigenvalue weighted by Gasteiger charge is -2.49. The molecule has 20 heavy (non-hydrogen) atoms. The highest BCUT2D eigenvalue weighted by atomic mass is 15.3. The van der Waals surface area contributed by atoms with E-state index in [1.54, 1.807) is 11.3 Å². The van der Waals surface area contributed by atoms with E-state index in [1.807, 2.05) is 0 Å². The molecule has 0 saturated carbocycles. The molecule has 3 aliphatic rings. The number of benzene rings is 1. The summed E-state index contributed by atoms with van der Waals surface area (Å²) in [6.07, 6.45) is 5.89. The van der Waals surface area contributed by atoms with Crippen molar-refractivity contribution in [1.82, 2.24) is 14.4 Å². The molecule has 0 amide bonds. The fourth-order valence-electron chi connectivity index (χ4n) is 4.40. The van der Waals surface area contributed by atoms with Crippen LogP contribution in [0.3, 0.4) is 0 Å². The van der Waals surface area contributed by atoms with E-state index < -0.39 is 0 Å². The van der Waals surface area contributed by atoms with Crippen LogP contribution in [0.1, 0.15) is 17.3 Å². The van der Waals surface area contributed by atoms with E-state index in [0.29, 0.717) is 12.1 Å². The summed E-state index contributed by atoms with van der Waals surface area (Å²) in [7, 11) is 2.26. The van der Waals surface area contributed by atoms with E-state index in [-0.39, 0.29) is 0 Å². The van der Waals surface area contributed by atoms with Crippen molar-refractivity contribution in [3.05, 3.63) is 41.6 Å². The zero-order valence-electron chi connectivity index (χ0n) is 11.8. The first kappa shape index (κ1) is 11.1. The average Bonchev–Trinajstić information content (AvgIpc) is 2.83. The van der Waals surface area contributed by atoms with Crippen LogP contribution in [-0.2, 0) is 6.42 Å². The molecule has 2 aromatic rings. The van der Waals surface area contributed by atoms with Crippen molar-refractivity contribution in [2.75, 3.05) is 26.7 Å². The predicted octanol–water partition coefficient (Wildman–Crippen LogP) is 2.34. The van der Waals surface area contributed by atoms with Gasteiger partial charge in [0.1, 0.15) is 0 Å². The van der Waals surface area contributed by atoms with Crippen molar-refractivity contribution in [2.24, 2.45) is 0 Å². The Morgan fingerprint density at radius 1 is 1.10 bits per heavy atom. The van der Waals surface area contributed by atoms with Gasteiger partial charge in [0, 0.05) is 36.9 Å². The number of likely N-dealkylation sites (N-methyl/N-ethyl adjacent to an activating group) is 1. The second-order valence-electron chi connectivity index (χ2n) is 6.29. The normalized spacial score (nSPS) is 28.9. The Morgan fingerprint density at radius 2 is 2.00 bits per heavy atom. The summed E-state index contributed by atoms with van der Waals surface area (Å²) >= 11 is 0. The first-order valence-electron chi connectivity index (χ1n) is 7.59. The summed E-state index contributed by atoms with van der Waals surface area (Å²) in [6.45, 7) is 3.59. The molecule has 4 heterocycles. The van der Waals surface area contributed by atoms with Gasteiger partial charge < -0.3 is 4.57 Å². The molecule has 1 fully saturated rings. The average molecular weight is 265 g/mol. The number of fused-ring (bicyclic) bond motifs is 3. The number of aromatic nitrogens is 1. The molecule has 3 aliphatic heterocycles. The Balaban J connectivity index is 1.84. The zero-order valence-corrected chi connectivity index (χ0v) is 11.8. The molecule has 2 atom stereocenters. The molecule has 0 radical (unpaired) electrons. The summed E-state index contributed by atoms with van der Waals surface area (Å²) in [6, 6.07) is 9.97. The number of piperazine rings is 1. The minimum Gasteiger partial charge on any atom is -0.319 e. The number of rotatable bonds is 0. The van der Waals surface area contributed by atoms with Gasteiger partial charge in [-0.3, -0.25) is 9.80 Å². The molecule has 3 nitrogen and oxygen atoms in total. The van der Waals surface area contributed by atoms with Gasteiger partial charge in [0.15, 0.2) is 0 Å². The van der Waals surface area contributed by atoms with Gasteiger partial charge in [-0.15, -0.1) is 0 Å². The maximum absolute atomic E-state index is 2.69. The molecule has 1 saturated heterocycles. The Morgan fingerprint density at radius 3 is 2.95 bits per heavy atom. The Bertz CT molecular complexity index is 727. The van der Waals surface area contributed by atoms with Crippen LogP contribution in [0.5, 0.6) is 0 Å². The second-order valence-corrected chi connectivity index (χ2v) is 6.29. The number of para-hydroxylation sites is 1. The largest absolute Gasteiger partial charge is 0.319 e. The molecule has 1 aromatic heterocycles. The maximum Gasteiger partial charge on any atom is 0.0701 e. The Labute approximate surface area is 119 Å². The van der Waals surface area contributed by atoms with Crippen molar-refractivity contribution in [3.8, 4) is 0 Å². The molecule has 3 heteroatoms. The summed E-state index contributed by atoms with van der Waals surface area (Å²) in [5, 5.41) is 1.46. The highest BCUT2D eigenvalue weighted by Gasteiger charge is 2.42. The number of hydrogen-bond donors (Lipinski definition) is 0. The lowest BCUT2D eigenvalue weighted by molar-refractivity contribution is 0.0441. The summed E-state index contributed by atoms with van der Waals surface area (Å²) in [4.78, 5) is 5.19. The van der Waals surface area contributed by atoms with Gasteiger partial charge in [-0.05, 0) is 31.2 Å². The van der Waals surface area contributed by atoms with Gasteiger partial charge in [0.25, 0.3) is 0 Å². The third-order valence-electron chi connectivity index (χ3n) is 5.38. The smallest absolute Gasteiger partial charge is 0.0701 e. The SMILES string of the molecule is CN1CCN2CCc3c4n(c5ccccc35)C=C[C@@H]1[C@H]42. The van der Waals surface area contributed by atoms with Crippen LogP contribution < -0.4 is 0 Å². The topological polar surface area (TPSA) is 11.4 Å². The molecule has 1 aromatic carbocycles. The Kier molecular flexibility index (Phi) is 2.08. The first-order valence-corrected chi connectivity index (χ1v) is 7.59. The molecule has 0 unspecified atom stereocenters. The lowest BCUT2D eigenvalue weighted by Crippen LogP contribution is -2.55. The molecule has 5 rings (SSSR count). The van der Waals surface area contributed by atoms with Gasteiger partial charge >= 0.3 is 0 Å².